The lowest BCUT2D eigenvalue weighted by Gasteiger charge is -2.42. The number of nitrogens with zero attached hydrogens (tertiary/aromatic N) is 4. The summed E-state index contributed by atoms with van der Waals surface area (Å²) in [6.07, 6.45) is 2.08. The minimum atomic E-state index is -0.563. The Labute approximate surface area is 200 Å². The minimum absolute atomic E-state index is 0. The Hall–Kier alpha value is -1.64. The lowest BCUT2D eigenvalue weighted by atomic mass is 10.0. The lowest BCUT2D eigenvalue weighted by Crippen LogP contribution is -2.57. The predicted molar refractivity (Wildman–Crippen MR) is 126 cm³/mol. The summed E-state index contributed by atoms with van der Waals surface area (Å²) in [5.74, 6) is 0.904. The van der Waals surface area contributed by atoms with Gasteiger partial charge in [0.2, 0.25) is 5.91 Å². The summed E-state index contributed by atoms with van der Waals surface area (Å²) in [6.45, 7) is 6.60. The fourth-order valence-electron chi connectivity index (χ4n) is 4.14. The fraction of sp³-hybridized carbons (Fsp3) is 0.476. The standard InChI is InChI=1S/C21H26ClN5O2.2ClH/c1-13-10-26(21(28)17(23)9-15-3-5-16(22)6-4-15)7-8-27(13)20-19-14(2)29-11-18(19)24-12-25-20;;/h3-6,12-14,17H,7-11,23H2,1-2H3;2*1H/t13-,14?,17?;;/m0../s1. The van der Waals surface area contributed by atoms with Crippen LogP contribution in [-0.4, -0.2) is 52.5 Å². The van der Waals surface area contributed by atoms with E-state index in [2.05, 4.69) is 21.8 Å². The number of halogens is 3. The molecule has 2 aliphatic heterocycles. The number of ether oxygens (including phenoxy) is 1. The largest absolute Gasteiger partial charge is 0.367 e. The second kappa shape index (κ2) is 10.8. The van der Waals surface area contributed by atoms with Crippen LogP contribution in [0.15, 0.2) is 30.6 Å². The number of piperazine rings is 1. The number of fused-ring (bicyclic) bond motifs is 1. The number of benzene rings is 1. The molecule has 10 heteroatoms. The minimum Gasteiger partial charge on any atom is -0.367 e. The van der Waals surface area contributed by atoms with E-state index < -0.39 is 6.04 Å². The molecule has 2 unspecified atom stereocenters. The van der Waals surface area contributed by atoms with Gasteiger partial charge in [0, 0.05) is 36.3 Å². The van der Waals surface area contributed by atoms with Crippen molar-refractivity contribution in [1.29, 1.82) is 0 Å². The monoisotopic (exact) mass is 487 g/mol. The zero-order chi connectivity index (χ0) is 20.5. The quantitative estimate of drug-likeness (QED) is 0.711. The van der Waals surface area contributed by atoms with Crippen LogP contribution < -0.4 is 10.6 Å². The Morgan fingerprint density at radius 3 is 2.61 bits per heavy atom. The van der Waals surface area contributed by atoms with Crippen molar-refractivity contribution >= 4 is 48.1 Å². The molecule has 7 nitrogen and oxygen atoms in total. The molecule has 0 spiro atoms. The molecule has 0 radical (unpaired) electrons. The molecule has 1 fully saturated rings. The van der Waals surface area contributed by atoms with Crippen LogP contribution in [0.3, 0.4) is 0 Å². The van der Waals surface area contributed by atoms with E-state index in [1.807, 2.05) is 36.1 Å². The topological polar surface area (TPSA) is 84.6 Å². The van der Waals surface area contributed by atoms with E-state index in [0.717, 1.165) is 22.6 Å². The van der Waals surface area contributed by atoms with Gasteiger partial charge in [-0.2, -0.15) is 0 Å². The first-order valence-corrected chi connectivity index (χ1v) is 10.3. The van der Waals surface area contributed by atoms with Crippen LogP contribution in [0.1, 0.15) is 36.8 Å². The second-order valence-corrected chi connectivity index (χ2v) is 8.21. The average molecular weight is 489 g/mol. The average Bonchev–Trinajstić information content (AvgIpc) is 3.10. The van der Waals surface area contributed by atoms with Crippen molar-refractivity contribution in [3.05, 3.63) is 52.4 Å². The summed E-state index contributed by atoms with van der Waals surface area (Å²) in [7, 11) is 0. The fourth-order valence-corrected chi connectivity index (χ4v) is 4.26. The molecule has 0 saturated carbocycles. The van der Waals surface area contributed by atoms with Gasteiger partial charge in [-0.1, -0.05) is 23.7 Å². The van der Waals surface area contributed by atoms with Crippen molar-refractivity contribution in [2.24, 2.45) is 5.73 Å². The van der Waals surface area contributed by atoms with E-state index in [0.29, 0.717) is 37.7 Å². The molecule has 2 aliphatic rings. The predicted octanol–water partition coefficient (Wildman–Crippen LogP) is 3.17. The SMILES string of the molecule is CC1OCc2ncnc(N3CCN(C(=O)C(N)Cc4ccc(Cl)cc4)C[C@@H]3C)c21.Cl.Cl. The maximum absolute atomic E-state index is 12.9. The Kier molecular flexibility index (Phi) is 8.92. The molecule has 3 heterocycles. The molecule has 170 valence electrons. The number of aromatic nitrogens is 2. The molecule has 1 aromatic carbocycles. The Bertz CT molecular complexity index is 899. The highest BCUT2D eigenvalue weighted by molar-refractivity contribution is 6.30. The zero-order valence-corrected chi connectivity index (χ0v) is 19.9. The van der Waals surface area contributed by atoms with E-state index >= 15 is 0 Å². The third-order valence-electron chi connectivity index (χ3n) is 5.72. The van der Waals surface area contributed by atoms with Gasteiger partial charge in [0.15, 0.2) is 0 Å². The van der Waals surface area contributed by atoms with Gasteiger partial charge in [-0.25, -0.2) is 9.97 Å². The maximum Gasteiger partial charge on any atom is 0.239 e. The number of hydrogen-bond donors (Lipinski definition) is 1. The summed E-state index contributed by atoms with van der Waals surface area (Å²) in [6, 6.07) is 7.03. The van der Waals surface area contributed by atoms with E-state index in [9.17, 15) is 4.79 Å². The molecule has 0 aliphatic carbocycles. The number of hydrogen-bond acceptors (Lipinski definition) is 6. The molecule has 4 rings (SSSR count). The summed E-state index contributed by atoms with van der Waals surface area (Å²) in [5, 5.41) is 0.675. The Morgan fingerprint density at radius 1 is 1.23 bits per heavy atom. The van der Waals surface area contributed by atoms with Crippen LogP contribution in [0.4, 0.5) is 5.82 Å². The molecule has 1 amide bonds. The summed E-state index contributed by atoms with van der Waals surface area (Å²) in [5.41, 5.74) is 9.26. The Balaban J connectivity index is 0.00000171. The van der Waals surface area contributed by atoms with E-state index in [-0.39, 0.29) is 42.9 Å². The first kappa shape index (κ1) is 25.6. The van der Waals surface area contributed by atoms with Crippen molar-refractivity contribution in [2.45, 2.75) is 45.1 Å². The van der Waals surface area contributed by atoms with E-state index in [1.165, 1.54) is 0 Å². The molecule has 1 saturated heterocycles. The third kappa shape index (κ3) is 5.41. The van der Waals surface area contributed by atoms with Gasteiger partial charge in [0.1, 0.15) is 12.1 Å². The number of nitrogens with two attached hydrogens (primary N) is 1. The van der Waals surface area contributed by atoms with E-state index in [4.69, 9.17) is 22.1 Å². The third-order valence-corrected chi connectivity index (χ3v) is 5.97. The van der Waals surface area contributed by atoms with Gasteiger partial charge >= 0.3 is 0 Å². The van der Waals surface area contributed by atoms with Gasteiger partial charge in [-0.05, 0) is 38.0 Å². The summed E-state index contributed by atoms with van der Waals surface area (Å²) >= 11 is 5.93. The van der Waals surface area contributed by atoms with Crippen molar-refractivity contribution < 1.29 is 9.53 Å². The van der Waals surface area contributed by atoms with Crippen LogP contribution in [0.5, 0.6) is 0 Å². The number of carbonyl (C=O) groups excluding carboxylic acids is 1. The number of amides is 1. The molecular weight excluding hydrogens is 461 g/mol. The molecule has 0 bridgehead atoms. The van der Waals surface area contributed by atoms with Crippen molar-refractivity contribution in [2.75, 3.05) is 24.5 Å². The summed E-state index contributed by atoms with van der Waals surface area (Å²) < 4.78 is 5.73. The maximum atomic E-state index is 12.9. The normalized spacial score (nSPS) is 21.0. The lowest BCUT2D eigenvalue weighted by molar-refractivity contribution is -0.133. The van der Waals surface area contributed by atoms with Crippen molar-refractivity contribution in [1.82, 2.24) is 14.9 Å². The van der Waals surface area contributed by atoms with Crippen LogP contribution in [0.2, 0.25) is 5.02 Å². The van der Waals surface area contributed by atoms with Gasteiger partial charge in [0.25, 0.3) is 0 Å². The van der Waals surface area contributed by atoms with Crippen LogP contribution >= 0.6 is 36.4 Å². The number of carbonyl (C=O) groups is 1. The highest BCUT2D eigenvalue weighted by atomic mass is 35.5. The zero-order valence-electron chi connectivity index (χ0n) is 17.5. The molecular formula is C21H28Cl3N5O2. The Morgan fingerprint density at radius 2 is 1.94 bits per heavy atom. The van der Waals surface area contributed by atoms with Gasteiger partial charge in [-0.3, -0.25) is 4.79 Å². The van der Waals surface area contributed by atoms with Crippen LogP contribution in [0.25, 0.3) is 0 Å². The molecule has 1 aromatic heterocycles. The smallest absolute Gasteiger partial charge is 0.239 e. The first-order valence-electron chi connectivity index (χ1n) is 9.95. The molecule has 2 aromatic rings. The van der Waals surface area contributed by atoms with Crippen molar-refractivity contribution in [3.63, 3.8) is 0 Å². The molecule has 3 atom stereocenters. The highest BCUT2D eigenvalue weighted by Gasteiger charge is 2.34. The number of rotatable bonds is 4. The van der Waals surface area contributed by atoms with Crippen LogP contribution in [-0.2, 0) is 22.6 Å². The van der Waals surface area contributed by atoms with E-state index in [1.54, 1.807) is 6.33 Å². The van der Waals surface area contributed by atoms with Crippen LogP contribution in [0, 0.1) is 0 Å². The summed E-state index contributed by atoms with van der Waals surface area (Å²) in [4.78, 5) is 25.9. The number of anilines is 1. The van der Waals surface area contributed by atoms with Crippen molar-refractivity contribution in [3.8, 4) is 0 Å². The highest BCUT2D eigenvalue weighted by Crippen LogP contribution is 2.36. The van der Waals surface area contributed by atoms with Gasteiger partial charge in [-0.15, -0.1) is 24.8 Å². The van der Waals surface area contributed by atoms with Gasteiger partial charge in [0.05, 0.1) is 24.4 Å². The second-order valence-electron chi connectivity index (χ2n) is 7.77. The first-order chi connectivity index (χ1) is 13.9. The molecule has 2 N–H and O–H groups in total. The van der Waals surface area contributed by atoms with Gasteiger partial charge < -0.3 is 20.3 Å². The molecule has 31 heavy (non-hydrogen) atoms.